The van der Waals surface area contributed by atoms with E-state index in [-0.39, 0.29) is 29.7 Å². The average Bonchev–Trinajstić information content (AvgIpc) is 3.17. The van der Waals surface area contributed by atoms with E-state index < -0.39 is 15.8 Å². The molecule has 1 aliphatic heterocycles. The van der Waals surface area contributed by atoms with Crippen LogP contribution in [0.1, 0.15) is 59.2 Å². The van der Waals surface area contributed by atoms with Crippen LogP contribution in [0.3, 0.4) is 0 Å². The van der Waals surface area contributed by atoms with Gasteiger partial charge in [0.25, 0.3) is 0 Å². The number of fused-ring (bicyclic) bond motifs is 1. The van der Waals surface area contributed by atoms with Crippen molar-refractivity contribution in [1.82, 2.24) is 14.3 Å². The van der Waals surface area contributed by atoms with Crippen LogP contribution in [0.25, 0.3) is 10.9 Å². The summed E-state index contributed by atoms with van der Waals surface area (Å²) < 4.78 is 26.7. The lowest BCUT2D eigenvalue weighted by atomic mass is 9.96. The molecule has 2 aromatic carbocycles. The first-order chi connectivity index (χ1) is 18.2. The Morgan fingerprint density at radius 1 is 1.03 bits per heavy atom. The van der Waals surface area contributed by atoms with Crippen LogP contribution in [0.15, 0.2) is 66.9 Å². The van der Waals surface area contributed by atoms with Crippen LogP contribution in [-0.2, 0) is 23.0 Å². The van der Waals surface area contributed by atoms with Gasteiger partial charge in [-0.1, -0.05) is 57.2 Å². The van der Waals surface area contributed by atoms with E-state index in [1.54, 1.807) is 37.4 Å². The molecular weight excluding hydrogens is 498 g/mol. The monoisotopic (exact) mass is 531 g/mol. The molecule has 1 fully saturated rings. The molecule has 2 aromatic heterocycles. The summed E-state index contributed by atoms with van der Waals surface area (Å²) in [6, 6.07) is 18.9. The molecule has 1 unspecified atom stereocenters. The van der Waals surface area contributed by atoms with Gasteiger partial charge in [0, 0.05) is 35.9 Å². The van der Waals surface area contributed by atoms with Gasteiger partial charge in [0.15, 0.2) is 11.4 Å². The first-order valence-corrected chi connectivity index (χ1v) is 14.5. The Hall–Kier alpha value is -3.62. The topological polar surface area (TPSA) is 100 Å². The van der Waals surface area contributed by atoms with Crippen LogP contribution in [0.5, 0.6) is 5.75 Å². The maximum absolute atomic E-state index is 13.7. The molecule has 198 valence electrons. The number of nitrogens with zero attached hydrogens (tertiary/aromatic N) is 3. The second-order valence-electron chi connectivity index (χ2n) is 9.50. The van der Waals surface area contributed by atoms with Crippen molar-refractivity contribution < 1.29 is 18.3 Å². The fraction of sp³-hybridized carbons (Fsp3) is 0.300. The summed E-state index contributed by atoms with van der Waals surface area (Å²) in [6.45, 7) is 8.33. The van der Waals surface area contributed by atoms with E-state index in [0.29, 0.717) is 35.1 Å². The van der Waals surface area contributed by atoms with Crippen molar-refractivity contribution in [2.75, 3.05) is 12.3 Å². The van der Waals surface area contributed by atoms with Crippen LogP contribution in [0.4, 0.5) is 0 Å². The largest absolute Gasteiger partial charge is 0.504 e. The summed E-state index contributed by atoms with van der Waals surface area (Å²) in [7, 11) is -3.34. The van der Waals surface area contributed by atoms with Gasteiger partial charge in [0.1, 0.15) is 5.52 Å². The molecule has 4 aromatic rings. The van der Waals surface area contributed by atoms with Crippen molar-refractivity contribution in [1.29, 1.82) is 0 Å². The molecule has 1 saturated heterocycles. The van der Waals surface area contributed by atoms with E-state index in [2.05, 4.69) is 9.97 Å². The maximum atomic E-state index is 13.7. The number of pyridine rings is 2. The fourth-order valence-corrected chi connectivity index (χ4v) is 6.70. The van der Waals surface area contributed by atoms with Gasteiger partial charge in [-0.15, -0.1) is 0 Å². The summed E-state index contributed by atoms with van der Waals surface area (Å²) in [5, 5.41) is 11.6. The van der Waals surface area contributed by atoms with E-state index >= 15 is 0 Å². The second-order valence-corrected chi connectivity index (χ2v) is 11.5. The van der Waals surface area contributed by atoms with Crippen LogP contribution < -0.4 is 0 Å². The third-order valence-electron chi connectivity index (χ3n) is 6.47. The minimum atomic E-state index is -3.34. The molecule has 0 radical (unpaired) electrons. The smallest absolute Gasteiger partial charge is 0.215 e. The Morgan fingerprint density at radius 2 is 1.74 bits per heavy atom. The quantitative estimate of drug-likeness (QED) is 0.340. The Labute approximate surface area is 224 Å². The number of carbonyl (C=O) groups excluding carboxylic acids is 1. The second kappa shape index (κ2) is 11.4. The number of aromatic nitrogens is 2. The fourth-order valence-electron chi connectivity index (χ4n) is 4.84. The van der Waals surface area contributed by atoms with Gasteiger partial charge in [-0.05, 0) is 60.2 Å². The number of hydrogen-bond donors (Lipinski definition) is 1. The average molecular weight is 532 g/mol. The van der Waals surface area contributed by atoms with Crippen LogP contribution >= 0.6 is 0 Å². The van der Waals surface area contributed by atoms with Gasteiger partial charge in [-0.2, -0.15) is 4.31 Å². The first-order valence-electron chi connectivity index (χ1n) is 12.8. The van der Waals surface area contributed by atoms with Gasteiger partial charge in [0.05, 0.1) is 5.75 Å². The molecule has 38 heavy (non-hydrogen) atoms. The van der Waals surface area contributed by atoms with Crippen LogP contribution in [0, 0.1) is 12.8 Å². The molecular formula is C30H33N3O4S. The minimum Gasteiger partial charge on any atom is -0.504 e. The number of aromatic hydroxyl groups is 1. The van der Waals surface area contributed by atoms with Crippen molar-refractivity contribution in [2.24, 2.45) is 5.92 Å². The third kappa shape index (κ3) is 5.76. The lowest BCUT2D eigenvalue weighted by Gasteiger charge is -2.17. The predicted molar refractivity (Wildman–Crippen MR) is 150 cm³/mol. The van der Waals surface area contributed by atoms with Gasteiger partial charge in [-0.25, -0.2) is 13.4 Å². The first kappa shape index (κ1) is 27.4. The maximum Gasteiger partial charge on any atom is 0.215 e. The lowest BCUT2D eigenvalue weighted by Crippen LogP contribution is -2.25. The van der Waals surface area contributed by atoms with Crippen LogP contribution in [-0.4, -0.2) is 45.9 Å². The zero-order valence-corrected chi connectivity index (χ0v) is 23.0. The molecule has 1 aliphatic rings. The Balaban J connectivity index is 0.00000164. The summed E-state index contributed by atoms with van der Waals surface area (Å²) in [6.07, 6.45) is 2.14. The van der Waals surface area contributed by atoms with E-state index in [4.69, 9.17) is 0 Å². The molecule has 0 amide bonds. The SMILES string of the molecule is CC.Cc1nc(C(=O)c2cc(Cc3ccccc3)cc(CN3CC(C)CS3(=O)=O)c2)c(O)c2ncccc12. The van der Waals surface area contributed by atoms with E-state index in [1.807, 2.05) is 57.2 Å². The molecule has 0 aliphatic carbocycles. The third-order valence-corrected chi connectivity index (χ3v) is 8.52. The zero-order chi connectivity index (χ0) is 27.4. The molecule has 8 heteroatoms. The molecule has 1 N–H and O–H groups in total. The number of hydrogen-bond acceptors (Lipinski definition) is 6. The highest BCUT2D eigenvalue weighted by molar-refractivity contribution is 7.89. The predicted octanol–water partition coefficient (Wildman–Crippen LogP) is 5.27. The number of sulfonamides is 1. The van der Waals surface area contributed by atoms with Crippen molar-refractivity contribution in [3.05, 3.63) is 101 Å². The Morgan fingerprint density at radius 3 is 2.42 bits per heavy atom. The lowest BCUT2D eigenvalue weighted by molar-refractivity contribution is 0.103. The highest BCUT2D eigenvalue weighted by atomic mass is 32.2. The molecule has 7 nitrogen and oxygen atoms in total. The van der Waals surface area contributed by atoms with Gasteiger partial charge < -0.3 is 5.11 Å². The number of ketones is 1. The molecule has 5 rings (SSSR count). The molecule has 0 saturated carbocycles. The normalized spacial score (nSPS) is 16.7. The number of carbonyl (C=O) groups is 1. The Kier molecular flexibility index (Phi) is 8.23. The number of rotatable bonds is 6. The highest BCUT2D eigenvalue weighted by Crippen LogP contribution is 2.30. The summed E-state index contributed by atoms with van der Waals surface area (Å²) in [5.41, 5.74) is 3.87. The molecule has 1 atom stereocenters. The molecule has 0 bridgehead atoms. The van der Waals surface area contributed by atoms with Gasteiger partial charge in [0.2, 0.25) is 15.8 Å². The van der Waals surface area contributed by atoms with Crippen molar-refractivity contribution >= 4 is 26.7 Å². The van der Waals surface area contributed by atoms with E-state index in [9.17, 15) is 18.3 Å². The highest BCUT2D eigenvalue weighted by Gasteiger charge is 2.33. The van der Waals surface area contributed by atoms with Crippen molar-refractivity contribution in [3.8, 4) is 5.75 Å². The van der Waals surface area contributed by atoms with Gasteiger partial charge in [-0.3, -0.25) is 9.78 Å². The van der Waals surface area contributed by atoms with Gasteiger partial charge >= 0.3 is 0 Å². The molecule has 3 heterocycles. The summed E-state index contributed by atoms with van der Waals surface area (Å²) >= 11 is 0. The summed E-state index contributed by atoms with van der Waals surface area (Å²) in [4.78, 5) is 22.3. The van der Waals surface area contributed by atoms with E-state index in [0.717, 1.165) is 16.7 Å². The Bertz CT molecular complexity index is 1570. The molecule has 0 spiro atoms. The summed E-state index contributed by atoms with van der Waals surface area (Å²) in [5.74, 6) is -0.508. The van der Waals surface area contributed by atoms with Crippen molar-refractivity contribution in [3.63, 3.8) is 0 Å². The number of benzene rings is 2. The standard InChI is InChI=1S/C28H27N3O4S.C2H6/c1-18-15-31(36(34,35)17-18)16-22-12-21(11-20-7-4-3-5-8-20)13-23(14-22)27(32)26-28(33)25-24(19(2)30-26)9-6-10-29-25;1-2/h3-10,12-14,18,33H,11,15-17H2,1-2H3;1-2H3. The van der Waals surface area contributed by atoms with Crippen LogP contribution in [0.2, 0.25) is 0 Å². The van der Waals surface area contributed by atoms with Crippen molar-refractivity contribution in [2.45, 2.75) is 40.7 Å². The zero-order valence-electron chi connectivity index (χ0n) is 22.2. The minimum absolute atomic E-state index is 0.0535. The number of aryl methyl sites for hydroxylation is 1. The van der Waals surface area contributed by atoms with E-state index in [1.165, 1.54) is 4.31 Å².